The summed E-state index contributed by atoms with van der Waals surface area (Å²) in [7, 11) is 1.70. The monoisotopic (exact) mass is 831 g/mol. The molecule has 15 atom stereocenters. The van der Waals surface area contributed by atoms with Crippen molar-refractivity contribution in [1.29, 1.82) is 0 Å². The molecule has 0 aromatic heterocycles. The van der Waals surface area contributed by atoms with E-state index < -0.39 is 12.2 Å². The van der Waals surface area contributed by atoms with E-state index in [0.29, 0.717) is 61.2 Å². The summed E-state index contributed by atoms with van der Waals surface area (Å²) in [5.74, 6) is 12.5. The van der Waals surface area contributed by atoms with Gasteiger partial charge in [0.15, 0.2) is 5.70 Å². The zero-order valence-corrected chi connectivity index (χ0v) is 38.5. The van der Waals surface area contributed by atoms with Crippen molar-refractivity contribution in [3.8, 4) is 11.8 Å². The van der Waals surface area contributed by atoms with Crippen LogP contribution < -0.4 is 11.1 Å². The number of carbonyl (C=O) groups excluding carboxylic acids is 2. The van der Waals surface area contributed by atoms with Crippen molar-refractivity contribution in [3.63, 3.8) is 0 Å². The molecule has 8 nitrogen and oxygen atoms in total. The molecule has 0 spiro atoms. The largest absolute Gasteiger partial charge is 0.391 e. The van der Waals surface area contributed by atoms with E-state index in [1.165, 1.54) is 38.0 Å². The van der Waals surface area contributed by atoms with Gasteiger partial charge in [0.05, 0.1) is 37.3 Å². The third-order valence-corrected chi connectivity index (χ3v) is 16.4. The van der Waals surface area contributed by atoms with Crippen LogP contribution in [0, 0.1) is 94.7 Å². The van der Waals surface area contributed by atoms with E-state index in [-0.39, 0.29) is 71.7 Å². The number of hydrogen-bond acceptors (Lipinski definition) is 8. The number of methoxy groups -OCH3 is 1. The summed E-state index contributed by atoms with van der Waals surface area (Å²) in [4.78, 5) is 33.5. The van der Waals surface area contributed by atoms with E-state index in [0.717, 1.165) is 76.5 Å². The first-order valence-electron chi connectivity index (χ1n) is 24.9. The van der Waals surface area contributed by atoms with Crippen LogP contribution in [0.1, 0.15) is 163 Å². The number of carbonyl (C=O) groups is 2. The highest BCUT2D eigenvalue weighted by molar-refractivity contribution is 6.00. The lowest BCUT2D eigenvalue weighted by molar-refractivity contribution is -0.131. The summed E-state index contributed by atoms with van der Waals surface area (Å²) in [6, 6.07) is 0. The van der Waals surface area contributed by atoms with E-state index in [9.17, 15) is 19.8 Å². The maximum absolute atomic E-state index is 14.8. The summed E-state index contributed by atoms with van der Waals surface area (Å²) in [5, 5.41) is 27.2. The van der Waals surface area contributed by atoms with Crippen LogP contribution in [-0.2, 0) is 14.3 Å². The number of nitrogens with one attached hydrogen (secondary N) is 1. The molecule has 60 heavy (non-hydrogen) atoms. The molecule has 0 radical (unpaired) electrons. The number of Topliss-reactive ketones (excluding diaryl/α,β-unsaturated/α-hetero) is 2. The zero-order chi connectivity index (χ0) is 42.9. The topological polar surface area (TPSA) is 134 Å². The number of nitrogens with zero attached hydrogens (tertiary/aromatic N) is 1. The minimum absolute atomic E-state index is 0.00521. The number of allylic oxidation sites excluding steroid dienone is 1. The summed E-state index contributed by atoms with van der Waals surface area (Å²) < 4.78 is 5.85. The molecule has 4 aliphatic carbocycles. The summed E-state index contributed by atoms with van der Waals surface area (Å²) in [6.07, 6.45) is 20.5. The lowest BCUT2D eigenvalue weighted by Gasteiger charge is -2.46. The molecule has 0 aromatic rings. The molecular formula is C52H84N3O5+. The second kappa shape index (κ2) is 22.6. The van der Waals surface area contributed by atoms with Crippen LogP contribution >= 0.6 is 0 Å². The first kappa shape index (κ1) is 47.5. The van der Waals surface area contributed by atoms with Crippen molar-refractivity contribution in [2.45, 2.75) is 188 Å². The number of aliphatic imine (C=N–C) groups is 1. The number of hydrogen-bond donors (Lipinski definition) is 4. The van der Waals surface area contributed by atoms with Crippen molar-refractivity contribution in [1.82, 2.24) is 5.32 Å². The molecule has 3 saturated carbocycles. The van der Waals surface area contributed by atoms with E-state index in [1.807, 2.05) is 6.21 Å². The van der Waals surface area contributed by atoms with Crippen molar-refractivity contribution in [2.75, 3.05) is 13.7 Å². The van der Waals surface area contributed by atoms with Crippen LogP contribution in [0.15, 0.2) is 16.8 Å². The van der Waals surface area contributed by atoms with Crippen LogP contribution in [0.25, 0.3) is 0 Å². The third-order valence-electron chi connectivity index (χ3n) is 16.4. The second-order valence-corrected chi connectivity index (χ2v) is 21.5. The Hall–Kier alpha value is -2.02. The fraction of sp³-hybridized carbons (Fsp3) is 0.846. The molecule has 15 unspecified atom stereocenters. The van der Waals surface area contributed by atoms with Gasteiger partial charge in [-0.2, -0.15) is 0 Å². The molecular weight excluding hydrogens is 747 g/mol. The molecule has 6 rings (SSSR count). The maximum Gasteiger partial charge on any atom is 0.177 e. The predicted molar refractivity (Wildman–Crippen MR) is 242 cm³/mol. The molecule has 2 aliphatic heterocycles. The van der Waals surface area contributed by atoms with Gasteiger partial charge in [-0.05, 0) is 151 Å². The van der Waals surface area contributed by atoms with E-state index in [4.69, 9.17) is 15.5 Å². The number of rotatable bonds is 14. The first-order valence-corrected chi connectivity index (χ1v) is 24.9. The Morgan fingerprint density at radius 3 is 2.48 bits per heavy atom. The molecule has 0 aromatic carbocycles. The highest BCUT2D eigenvalue weighted by Gasteiger charge is 2.46. The molecule has 1 saturated heterocycles. The normalized spacial score (nSPS) is 37.9. The standard InChI is InChI=1S/C52H84N3O5/c1-7-10-44(48(57)28-41-25-40(31-55-41)33(4)5)39-23-35(21-34-19-20-54-52(53)24-34)22-37-16-18-45(43-12-9-8-11-36(43)14-13-32(2)3)46-30-50(59)51(60-6)27-38(46)15-17-42(56)29-49(58)47(37)26-39/h25,31-39,43-48,50-52,54,57,59H,7-15,17,19-24,26-30,53H2,1-6H3/q+1. The summed E-state index contributed by atoms with van der Waals surface area (Å²) in [5.41, 5.74) is 7.43. The first-order chi connectivity index (χ1) is 28.8. The fourth-order valence-corrected chi connectivity index (χ4v) is 13.1. The van der Waals surface area contributed by atoms with Crippen LogP contribution in [0.3, 0.4) is 0 Å². The SMILES string of the molecule is CCCC(C(O)CC1=C[C+](C(C)C)C=N1)C1CC(CC2CCNC(N)C2)CC2C#CC(C3CCCCC3CCC(C)C)C3CC(O)C(OC)CC3CCC(=O)CC(=O)C2C1. The minimum atomic E-state index is -0.563. The van der Waals surface area contributed by atoms with Crippen molar-refractivity contribution >= 4 is 17.8 Å². The number of ether oxygens (including phenoxy) is 1. The number of nitrogens with two attached hydrogens (primary N) is 1. The molecule has 336 valence electrons. The molecule has 2 heterocycles. The van der Waals surface area contributed by atoms with Crippen LogP contribution in [-0.4, -0.2) is 66.1 Å². The molecule has 4 fully saturated rings. The smallest absolute Gasteiger partial charge is 0.177 e. The van der Waals surface area contributed by atoms with Crippen molar-refractivity contribution in [2.24, 2.45) is 87.7 Å². The average molecular weight is 831 g/mol. The summed E-state index contributed by atoms with van der Waals surface area (Å²) in [6.45, 7) is 12.2. The zero-order valence-electron chi connectivity index (χ0n) is 38.5. The summed E-state index contributed by atoms with van der Waals surface area (Å²) >= 11 is 0. The van der Waals surface area contributed by atoms with Gasteiger partial charge in [-0.3, -0.25) is 9.59 Å². The van der Waals surface area contributed by atoms with Gasteiger partial charge in [-0.25, -0.2) is 0 Å². The highest BCUT2D eigenvalue weighted by atomic mass is 16.5. The second-order valence-electron chi connectivity index (χ2n) is 21.5. The number of ketones is 2. The van der Waals surface area contributed by atoms with Gasteiger partial charge < -0.3 is 26.0 Å². The average Bonchev–Trinajstić information content (AvgIpc) is 3.61. The maximum atomic E-state index is 14.8. The molecule has 0 amide bonds. The van der Waals surface area contributed by atoms with Gasteiger partial charge in [0.2, 0.25) is 0 Å². The minimum Gasteiger partial charge on any atom is -0.391 e. The highest BCUT2D eigenvalue weighted by Crippen LogP contribution is 2.50. The lowest BCUT2D eigenvalue weighted by atomic mass is 9.60. The number of fused-ring (bicyclic) bond motifs is 2. The van der Waals surface area contributed by atoms with Crippen molar-refractivity contribution < 1.29 is 24.5 Å². The van der Waals surface area contributed by atoms with Crippen molar-refractivity contribution in [3.05, 3.63) is 17.7 Å². The molecule has 0 bridgehead atoms. The van der Waals surface area contributed by atoms with E-state index >= 15 is 0 Å². The number of aliphatic hydroxyl groups is 2. The van der Waals surface area contributed by atoms with E-state index in [2.05, 4.69) is 57.9 Å². The Morgan fingerprint density at radius 1 is 0.967 bits per heavy atom. The van der Waals surface area contributed by atoms with Gasteiger partial charge in [0.1, 0.15) is 29.8 Å². The van der Waals surface area contributed by atoms with Gasteiger partial charge in [0, 0.05) is 37.2 Å². The Bertz CT molecular complexity index is 1510. The van der Waals surface area contributed by atoms with Crippen LogP contribution in [0.5, 0.6) is 0 Å². The Morgan fingerprint density at radius 2 is 1.77 bits per heavy atom. The quantitative estimate of drug-likeness (QED) is 0.0779. The Labute approximate surface area is 364 Å². The Kier molecular flexibility index (Phi) is 17.8. The van der Waals surface area contributed by atoms with Crippen LogP contribution in [0.4, 0.5) is 0 Å². The molecule has 8 heteroatoms. The third kappa shape index (κ3) is 12.6. The van der Waals surface area contributed by atoms with Crippen LogP contribution in [0.2, 0.25) is 0 Å². The molecule has 6 aliphatic rings. The van der Waals surface area contributed by atoms with Gasteiger partial charge in [-0.1, -0.05) is 64.7 Å². The Balaban J connectivity index is 1.39. The fourth-order valence-electron chi connectivity index (χ4n) is 13.1. The number of aliphatic hydroxyl groups excluding tert-OH is 2. The predicted octanol–water partition coefficient (Wildman–Crippen LogP) is 9.26. The van der Waals surface area contributed by atoms with E-state index in [1.54, 1.807) is 7.11 Å². The molecule has 5 N–H and O–H groups in total. The van der Waals surface area contributed by atoms with Gasteiger partial charge in [0.25, 0.3) is 0 Å². The van der Waals surface area contributed by atoms with Gasteiger partial charge in [-0.15, -0.1) is 4.99 Å². The van der Waals surface area contributed by atoms with Gasteiger partial charge >= 0.3 is 0 Å². The number of piperidine rings is 1. The lowest BCUT2D eigenvalue weighted by Crippen LogP contribution is -2.45.